The maximum atomic E-state index is 12.6. The van der Waals surface area contributed by atoms with Crippen LogP contribution in [0.25, 0.3) is 0 Å². The molecule has 338 valence electrons. The van der Waals surface area contributed by atoms with Gasteiger partial charge in [-0.2, -0.15) is 0 Å². The smallest absolute Gasteiger partial charge is 0.249 e. The van der Waals surface area contributed by atoms with Crippen LogP contribution in [0.15, 0.2) is 24.3 Å². The van der Waals surface area contributed by atoms with Crippen LogP contribution in [0.2, 0.25) is 0 Å². The molecule has 0 aliphatic rings. The topological polar surface area (TPSA) is 110 Å². The van der Waals surface area contributed by atoms with Gasteiger partial charge in [0.25, 0.3) is 0 Å². The lowest BCUT2D eigenvalue weighted by atomic mass is 9.99. The quantitative estimate of drug-likeness (QED) is 0.0311. The average Bonchev–Trinajstić information content (AvgIpc) is 3.22. The van der Waals surface area contributed by atoms with Gasteiger partial charge in [0.1, 0.15) is 12.2 Å². The summed E-state index contributed by atoms with van der Waals surface area (Å²) in [7, 11) is 0. The zero-order valence-corrected chi connectivity index (χ0v) is 38.1. The van der Waals surface area contributed by atoms with E-state index in [1.807, 2.05) is 0 Å². The van der Waals surface area contributed by atoms with Crippen LogP contribution in [-0.2, 0) is 4.79 Å². The Hall–Kier alpha value is -1.21. The van der Waals surface area contributed by atoms with Crippen molar-refractivity contribution in [3.05, 3.63) is 24.3 Å². The first-order chi connectivity index (χ1) is 28.0. The predicted octanol–water partition coefficient (Wildman–Crippen LogP) is 13.9. The van der Waals surface area contributed by atoms with E-state index in [0.29, 0.717) is 12.8 Å². The number of carbonyl (C=O) groups excluding carboxylic acids is 1. The zero-order chi connectivity index (χ0) is 41.7. The minimum absolute atomic E-state index is 0.370. The van der Waals surface area contributed by atoms with Crippen molar-refractivity contribution in [2.45, 2.75) is 289 Å². The molecule has 6 heteroatoms. The average molecular weight is 806 g/mol. The molecule has 4 unspecified atom stereocenters. The molecule has 0 saturated carbocycles. The fraction of sp³-hybridized carbons (Fsp3) is 0.902. The number of nitrogens with one attached hydrogen (secondary N) is 1. The summed E-state index contributed by atoms with van der Waals surface area (Å²) >= 11 is 0. The lowest BCUT2D eigenvalue weighted by Crippen LogP contribution is -2.53. The number of amides is 1. The summed E-state index contributed by atoms with van der Waals surface area (Å²) in [5.41, 5.74) is 0. The molecule has 6 nitrogen and oxygen atoms in total. The van der Waals surface area contributed by atoms with Crippen molar-refractivity contribution in [2.24, 2.45) is 0 Å². The molecule has 0 aromatic heterocycles. The van der Waals surface area contributed by atoms with Gasteiger partial charge in [0.15, 0.2) is 0 Å². The molecule has 0 saturated heterocycles. The molecular weight excluding hydrogens is 707 g/mol. The summed E-state index contributed by atoms with van der Waals surface area (Å²) in [6.07, 6.45) is 53.6. The summed E-state index contributed by atoms with van der Waals surface area (Å²) in [5.74, 6) is -0.582. The second kappa shape index (κ2) is 45.9. The first kappa shape index (κ1) is 55.8. The Labute approximate surface area is 354 Å². The normalized spacial score (nSPS) is 14.1. The second-order valence-electron chi connectivity index (χ2n) is 17.5. The number of aliphatic hydroxyl groups is 4. The second-order valence-corrected chi connectivity index (χ2v) is 17.5. The minimum atomic E-state index is -1.26. The van der Waals surface area contributed by atoms with E-state index < -0.39 is 36.9 Å². The Morgan fingerprint density at radius 1 is 0.456 bits per heavy atom. The lowest BCUT2D eigenvalue weighted by Gasteiger charge is -2.27. The molecule has 0 radical (unpaired) electrons. The van der Waals surface area contributed by atoms with Crippen LogP contribution in [0, 0.1) is 0 Å². The van der Waals surface area contributed by atoms with Gasteiger partial charge in [-0.25, -0.2) is 0 Å². The van der Waals surface area contributed by atoms with E-state index in [1.165, 1.54) is 186 Å². The van der Waals surface area contributed by atoms with Crippen LogP contribution in [-0.4, -0.2) is 57.3 Å². The highest BCUT2D eigenvalue weighted by Crippen LogP contribution is 2.18. The van der Waals surface area contributed by atoms with Gasteiger partial charge in [-0.05, 0) is 38.5 Å². The molecule has 0 aliphatic heterocycles. The maximum Gasteiger partial charge on any atom is 0.249 e. The molecule has 0 bridgehead atoms. The fourth-order valence-electron chi connectivity index (χ4n) is 7.97. The molecule has 0 spiro atoms. The first-order valence-electron chi connectivity index (χ1n) is 25.2. The van der Waals surface area contributed by atoms with E-state index in [2.05, 4.69) is 43.5 Å². The van der Waals surface area contributed by atoms with E-state index in [-0.39, 0.29) is 0 Å². The van der Waals surface area contributed by atoms with Gasteiger partial charge in [-0.3, -0.25) is 4.79 Å². The molecule has 5 N–H and O–H groups in total. The highest BCUT2D eigenvalue weighted by Gasteiger charge is 2.28. The molecule has 0 aromatic carbocycles. The molecule has 0 heterocycles. The largest absolute Gasteiger partial charge is 0.394 e. The first-order valence-corrected chi connectivity index (χ1v) is 25.2. The highest BCUT2D eigenvalue weighted by atomic mass is 16.3. The number of aliphatic hydroxyl groups excluding tert-OH is 4. The summed E-state index contributed by atoms with van der Waals surface area (Å²) in [5, 5.41) is 43.9. The van der Waals surface area contributed by atoms with Gasteiger partial charge in [0.05, 0.1) is 18.8 Å². The summed E-state index contributed by atoms with van der Waals surface area (Å²) < 4.78 is 0. The van der Waals surface area contributed by atoms with E-state index >= 15 is 0 Å². The van der Waals surface area contributed by atoms with E-state index in [9.17, 15) is 25.2 Å². The maximum absolute atomic E-state index is 12.6. The number of allylic oxidation sites excluding steroid dienone is 4. The Balaban J connectivity index is 3.65. The molecule has 0 fully saturated rings. The predicted molar refractivity (Wildman–Crippen MR) is 247 cm³/mol. The Bertz CT molecular complexity index is 863. The molecule has 0 aromatic rings. The minimum Gasteiger partial charge on any atom is -0.394 e. The van der Waals surface area contributed by atoms with Crippen LogP contribution >= 0.6 is 0 Å². The van der Waals surface area contributed by atoms with Crippen LogP contribution in [0.3, 0.4) is 0 Å². The third kappa shape index (κ3) is 40.0. The number of unbranched alkanes of at least 4 members (excludes halogenated alkanes) is 33. The van der Waals surface area contributed by atoms with Crippen molar-refractivity contribution in [1.82, 2.24) is 5.32 Å². The van der Waals surface area contributed by atoms with E-state index in [1.54, 1.807) is 0 Å². The molecule has 4 atom stereocenters. The number of hydrogen-bond donors (Lipinski definition) is 5. The summed E-state index contributed by atoms with van der Waals surface area (Å²) in [6, 6.07) is -0.984. The van der Waals surface area contributed by atoms with Gasteiger partial charge < -0.3 is 25.7 Å². The van der Waals surface area contributed by atoms with Crippen LogP contribution in [0.4, 0.5) is 0 Å². The Morgan fingerprint density at radius 2 is 0.807 bits per heavy atom. The van der Waals surface area contributed by atoms with E-state index in [4.69, 9.17) is 0 Å². The highest BCUT2D eigenvalue weighted by molar-refractivity contribution is 5.80. The molecule has 0 rings (SSSR count). The van der Waals surface area contributed by atoms with Gasteiger partial charge in [-0.1, -0.05) is 250 Å². The van der Waals surface area contributed by atoms with Crippen molar-refractivity contribution >= 4 is 5.91 Å². The molecule has 1 amide bonds. The number of rotatable bonds is 46. The Kier molecular flexibility index (Phi) is 44.9. The fourth-order valence-corrected chi connectivity index (χ4v) is 7.97. The van der Waals surface area contributed by atoms with Crippen molar-refractivity contribution in [3.8, 4) is 0 Å². The third-order valence-electron chi connectivity index (χ3n) is 11.9. The van der Waals surface area contributed by atoms with Crippen LogP contribution in [0.1, 0.15) is 264 Å². The molecular formula is C51H99NO5. The standard InChI is InChI=1S/C51H99NO5/c1-3-5-7-9-11-13-15-17-19-21-23-25-27-28-30-32-34-36-38-40-42-44-48(54)50(56)47(46-53)52-51(57)49(55)45-43-41-39-37-35-33-31-29-26-24-22-20-18-16-14-12-10-8-6-4-2/h6,8,12,14,47-50,53-56H,3-5,7,9-11,13,15-46H2,1-2H3,(H,52,57)/b8-6-,14-12-. The van der Waals surface area contributed by atoms with Gasteiger partial charge in [0.2, 0.25) is 5.91 Å². The van der Waals surface area contributed by atoms with Crippen molar-refractivity contribution in [2.75, 3.05) is 6.61 Å². The Morgan fingerprint density at radius 3 is 1.19 bits per heavy atom. The van der Waals surface area contributed by atoms with Gasteiger partial charge in [0, 0.05) is 0 Å². The SMILES string of the molecule is CC/C=C\C/C=C\CCCCCCCCCCCCCCCC(O)C(=O)NC(CO)C(O)C(O)CCCCCCCCCCCCCCCCCCCCCCC. The van der Waals surface area contributed by atoms with E-state index in [0.717, 1.165) is 51.4 Å². The number of carbonyl (C=O) groups is 1. The monoisotopic (exact) mass is 806 g/mol. The van der Waals surface area contributed by atoms with Crippen LogP contribution < -0.4 is 5.32 Å². The van der Waals surface area contributed by atoms with Crippen molar-refractivity contribution in [1.29, 1.82) is 0 Å². The van der Waals surface area contributed by atoms with Crippen molar-refractivity contribution in [3.63, 3.8) is 0 Å². The lowest BCUT2D eigenvalue weighted by molar-refractivity contribution is -0.132. The van der Waals surface area contributed by atoms with Gasteiger partial charge >= 0.3 is 0 Å². The molecule has 0 aliphatic carbocycles. The van der Waals surface area contributed by atoms with Gasteiger partial charge in [-0.15, -0.1) is 0 Å². The van der Waals surface area contributed by atoms with Crippen molar-refractivity contribution < 1.29 is 25.2 Å². The van der Waals surface area contributed by atoms with Crippen LogP contribution in [0.5, 0.6) is 0 Å². The zero-order valence-electron chi connectivity index (χ0n) is 38.1. The number of hydrogen-bond acceptors (Lipinski definition) is 5. The summed E-state index contributed by atoms with van der Waals surface area (Å²) in [6.45, 7) is 3.97. The summed E-state index contributed by atoms with van der Waals surface area (Å²) in [4.78, 5) is 12.6. The molecule has 57 heavy (non-hydrogen) atoms. The third-order valence-corrected chi connectivity index (χ3v) is 11.9.